The number of amides is 2. The van der Waals surface area contributed by atoms with Gasteiger partial charge in [0.1, 0.15) is 5.69 Å². The minimum Gasteiger partial charge on any atom is -0.369 e. The van der Waals surface area contributed by atoms with Crippen LogP contribution in [0, 0.1) is 28.5 Å². The van der Waals surface area contributed by atoms with Crippen LogP contribution in [0.3, 0.4) is 0 Å². The van der Waals surface area contributed by atoms with Gasteiger partial charge in [-0.1, -0.05) is 13.0 Å². The first-order valence-electron chi connectivity index (χ1n) is 10.4. The molecule has 0 unspecified atom stereocenters. The average Bonchev–Trinajstić information content (AvgIpc) is 2.76. The van der Waals surface area contributed by atoms with Crippen LogP contribution in [0.5, 0.6) is 0 Å². The van der Waals surface area contributed by atoms with E-state index in [1.54, 1.807) is 12.1 Å². The van der Waals surface area contributed by atoms with Crippen molar-refractivity contribution in [2.75, 3.05) is 23.7 Å². The van der Waals surface area contributed by atoms with E-state index in [1.165, 1.54) is 12.1 Å². The van der Waals surface area contributed by atoms with E-state index in [2.05, 4.69) is 31.1 Å². The Morgan fingerprint density at radius 1 is 1.33 bits per heavy atom. The number of hydrogen-bond acceptors (Lipinski definition) is 8. The molecule has 0 aliphatic heterocycles. The maximum absolute atomic E-state index is 14.1. The van der Waals surface area contributed by atoms with Gasteiger partial charge < -0.3 is 21.7 Å². The maximum atomic E-state index is 14.1. The second-order valence-corrected chi connectivity index (χ2v) is 8.49. The number of primary amides is 1. The lowest BCUT2D eigenvalue weighted by Gasteiger charge is -2.39. The summed E-state index contributed by atoms with van der Waals surface area (Å²) >= 11 is 5.77. The van der Waals surface area contributed by atoms with Crippen molar-refractivity contribution in [3.8, 4) is 0 Å². The van der Waals surface area contributed by atoms with Crippen LogP contribution in [0.1, 0.15) is 19.8 Å². The molecule has 0 radical (unpaired) electrons. The lowest BCUT2D eigenvalue weighted by atomic mass is 9.71. The normalized spacial score (nSPS) is 22.4. The van der Waals surface area contributed by atoms with Crippen molar-refractivity contribution >= 4 is 40.6 Å². The van der Waals surface area contributed by atoms with Gasteiger partial charge in [0.05, 0.1) is 18.7 Å². The number of nitrogens with one attached hydrogen (secondary N) is 3. The number of benzene rings is 1. The zero-order chi connectivity index (χ0) is 24.0. The molecule has 12 heteroatoms. The van der Waals surface area contributed by atoms with Gasteiger partial charge in [0, 0.05) is 11.7 Å². The standard InChI is InChI=1S/C21H25ClFN7O3/c1-11-5-12(8-25-10-17(31)27-13-3-2-4-14(7-13)30-33)6-16(18(11)19(24)32)28-20-15(23)9-26-21(22)29-20/h2-4,7,9,11-12,16,18,25H,5-6,8,10H2,1H3,(H2,24,32)(H,27,31)(H,26,28,29)/t11-,12+,16+,18-/m0/s1. The molecule has 1 saturated carbocycles. The number of nitrogens with two attached hydrogens (primary N) is 1. The molecule has 1 aliphatic rings. The van der Waals surface area contributed by atoms with Crippen LogP contribution in [0.15, 0.2) is 35.6 Å². The number of carbonyl (C=O) groups is 2. The minimum absolute atomic E-state index is 0.0527. The zero-order valence-electron chi connectivity index (χ0n) is 17.9. The molecular formula is C21H25ClFN7O3. The summed E-state index contributed by atoms with van der Waals surface area (Å²) < 4.78 is 14.1. The highest BCUT2D eigenvalue weighted by Gasteiger charge is 2.39. The summed E-state index contributed by atoms with van der Waals surface area (Å²) in [6, 6.07) is 5.85. The van der Waals surface area contributed by atoms with Gasteiger partial charge in [-0.05, 0) is 66.2 Å². The molecule has 4 atom stereocenters. The van der Waals surface area contributed by atoms with Crippen LogP contribution in [0.4, 0.5) is 21.6 Å². The Bertz CT molecular complexity index is 1030. The molecular weight excluding hydrogens is 453 g/mol. The molecule has 1 aromatic carbocycles. The maximum Gasteiger partial charge on any atom is 0.238 e. The smallest absolute Gasteiger partial charge is 0.238 e. The highest BCUT2D eigenvalue weighted by Crippen LogP contribution is 2.35. The van der Waals surface area contributed by atoms with Crippen molar-refractivity contribution in [3.63, 3.8) is 0 Å². The molecule has 5 N–H and O–H groups in total. The number of nitroso groups, excluding NO2 is 1. The summed E-state index contributed by atoms with van der Waals surface area (Å²) in [4.78, 5) is 42.4. The summed E-state index contributed by atoms with van der Waals surface area (Å²) in [5, 5.41) is 11.5. The molecule has 0 saturated heterocycles. The highest BCUT2D eigenvalue weighted by atomic mass is 35.5. The summed E-state index contributed by atoms with van der Waals surface area (Å²) in [5.74, 6) is -1.99. The van der Waals surface area contributed by atoms with Crippen LogP contribution in [-0.2, 0) is 9.59 Å². The number of nitrogens with zero attached hydrogens (tertiary/aromatic N) is 3. The minimum atomic E-state index is -0.680. The lowest BCUT2D eigenvalue weighted by Crippen LogP contribution is -2.49. The van der Waals surface area contributed by atoms with Crippen molar-refractivity contribution in [2.24, 2.45) is 28.7 Å². The third-order valence-corrected chi connectivity index (χ3v) is 5.84. The molecule has 2 aromatic rings. The molecule has 1 aromatic heterocycles. The van der Waals surface area contributed by atoms with E-state index in [4.69, 9.17) is 17.3 Å². The predicted molar refractivity (Wildman–Crippen MR) is 122 cm³/mol. The molecule has 2 amide bonds. The number of halogens is 2. The van der Waals surface area contributed by atoms with Crippen molar-refractivity contribution < 1.29 is 14.0 Å². The van der Waals surface area contributed by atoms with Crippen molar-refractivity contribution in [1.29, 1.82) is 0 Å². The van der Waals surface area contributed by atoms with Gasteiger partial charge in [0.15, 0.2) is 11.6 Å². The Kier molecular flexibility index (Phi) is 8.23. The van der Waals surface area contributed by atoms with E-state index >= 15 is 0 Å². The molecule has 1 fully saturated rings. The highest BCUT2D eigenvalue weighted by molar-refractivity contribution is 6.28. The fourth-order valence-electron chi connectivity index (χ4n) is 4.32. The van der Waals surface area contributed by atoms with Crippen molar-refractivity contribution in [3.05, 3.63) is 46.5 Å². The molecule has 1 heterocycles. The van der Waals surface area contributed by atoms with Crippen molar-refractivity contribution in [2.45, 2.75) is 25.8 Å². The van der Waals surface area contributed by atoms with Gasteiger partial charge in [0.2, 0.25) is 17.1 Å². The molecule has 1 aliphatic carbocycles. The molecule has 0 spiro atoms. The van der Waals surface area contributed by atoms with E-state index in [0.29, 0.717) is 25.1 Å². The van der Waals surface area contributed by atoms with Gasteiger partial charge in [-0.2, -0.15) is 4.98 Å². The molecule has 10 nitrogen and oxygen atoms in total. The number of hydrogen-bond donors (Lipinski definition) is 4. The molecule has 3 rings (SSSR count). The third kappa shape index (κ3) is 6.65. The summed E-state index contributed by atoms with van der Waals surface area (Å²) in [7, 11) is 0. The van der Waals surface area contributed by atoms with Gasteiger partial charge in [-0.3, -0.25) is 9.59 Å². The first-order valence-corrected chi connectivity index (χ1v) is 10.8. The lowest BCUT2D eigenvalue weighted by molar-refractivity contribution is -0.125. The Morgan fingerprint density at radius 3 is 2.85 bits per heavy atom. The van der Waals surface area contributed by atoms with Crippen LogP contribution in [0.2, 0.25) is 5.28 Å². The summed E-state index contributed by atoms with van der Waals surface area (Å²) in [6.45, 7) is 2.47. The van der Waals surface area contributed by atoms with E-state index < -0.39 is 23.7 Å². The van der Waals surface area contributed by atoms with E-state index in [9.17, 15) is 18.9 Å². The van der Waals surface area contributed by atoms with E-state index in [1.807, 2.05) is 6.92 Å². The molecule has 0 bridgehead atoms. The van der Waals surface area contributed by atoms with Crippen molar-refractivity contribution in [1.82, 2.24) is 15.3 Å². The predicted octanol–water partition coefficient (Wildman–Crippen LogP) is 2.82. The van der Waals surface area contributed by atoms with Crippen LogP contribution in [0.25, 0.3) is 0 Å². The summed E-state index contributed by atoms with van der Waals surface area (Å²) in [6.07, 6.45) is 2.18. The van der Waals surface area contributed by atoms with E-state index in [0.717, 1.165) is 6.20 Å². The van der Waals surface area contributed by atoms with Crippen LogP contribution < -0.4 is 21.7 Å². The second-order valence-electron chi connectivity index (χ2n) is 8.15. The first kappa shape index (κ1) is 24.5. The topological polar surface area (TPSA) is 151 Å². The van der Waals surface area contributed by atoms with Gasteiger partial charge in [0.25, 0.3) is 0 Å². The Balaban J connectivity index is 1.58. The quantitative estimate of drug-likeness (QED) is 0.320. The molecule has 176 valence electrons. The monoisotopic (exact) mass is 477 g/mol. The SMILES string of the molecule is C[C@H]1C[C@@H](CNCC(=O)Nc2cccc(N=O)c2)C[C@@H](Nc2nc(Cl)ncc2F)[C@H]1C(N)=O. The number of aromatic nitrogens is 2. The Hall–Kier alpha value is -3.18. The number of rotatable bonds is 9. The first-order chi connectivity index (χ1) is 15.8. The van der Waals surface area contributed by atoms with Gasteiger partial charge in [-0.15, -0.1) is 4.91 Å². The Morgan fingerprint density at radius 2 is 2.12 bits per heavy atom. The van der Waals surface area contributed by atoms with Crippen LogP contribution in [-0.4, -0.2) is 40.9 Å². The number of anilines is 2. The fourth-order valence-corrected chi connectivity index (χ4v) is 4.46. The number of carbonyl (C=O) groups excluding carboxylic acids is 2. The van der Waals surface area contributed by atoms with E-state index in [-0.39, 0.29) is 41.1 Å². The third-order valence-electron chi connectivity index (χ3n) is 5.66. The van der Waals surface area contributed by atoms with Gasteiger partial charge in [-0.25, -0.2) is 9.37 Å². The summed E-state index contributed by atoms with van der Waals surface area (Å²) in [5.41, 5.74) is 6.32. The Labute approximate surface area is 194 Å². The van der Waals surface area contributed by atoms with Crippen LogP contribution >= 0.6 is 11.6 Å². The molecule has 33 heavy (non-hydrogen) atoms. The second kappa shape index (κ2) is 11.1. The van der Waals surface area contributed by atoms with Gasteiger partial charge >= 0.3 is 0 Å². The fraction of sp³-hybridized carbons (Fsp3) is 0.429. The zero-order valence-corrected chi connectivity index (χ0v) is 18.7. The largest absolute Gasteiger partial charge is 0.369 e. The average molecular weight is 478 g/mol.